The lowest BCUT2D eigenvalue weighted by atomic mass is 9.59. The molecule has 1 aliphatic carbocycles. The average molecular weight is 480 g/mol. The largest absolute Gasteiger partial charge is 0.325 e. The van der Waals surface area contributed by atoms with Gasteiger partial charge in [0.05, 0.1) is 23.3 Å². The van der Waals surface area contributed by atoms with Crippen LogP contribution in [0.5, 0.6) is 0 Å². The van der Waals surface area contributed by atoms with Gasteiger partial charge < -0.3 is 10.6 Å². The number of nitriles is 1. The SMILES string of the molecule is CC1=NC(SCC(=O)Nc2nccs2)=C(C#N)C2(CCCCC2)[C@H]1C(=O)Nc1ccccc1. The number of amides is 2. The molecule has 0 unspecified atom stereocenters. The third-order valence-electron chi connectivity index (χ3n) is 6.14. The van der Waals surface area contributed by atoms with Gasteiger partial charge in [0.2, 0.25) is 11.8 Å². The number of para-hydroxylation sites is 1. The molecular weight excluding hydrogens is 454 g/mol. The van der Waals surface area contributed by atoms with Gasteiger partial charge in [-0.2, -0.15) is 5.26 Å². The van der Waals surface area contributed by atoms with Crippen molar-refractivity contribution in [2.75, 3.05) is 16.4 Å². The molecule has 1 aromatic carbocycles. The van der Waals surface area contributed by atoms with Crippen LogP contribution in [0.25, 0.3) is 0 Å². The van der Waals surface area contributed by atoms with Crippen molar-refractivity contribution in [3.8, 4) is 6.07 Å². The molecule has 0 saturated heterocycles. The van der Waals surface area contributed by atoms with Crippen molar-refractivity contribution in [3.05, 3.63) is 52.5 Å². The highest BCUT2D eigenvalue weighted by Crippen LogP contribution is 2.53. The molecule has 1 saturated carbocycles. The lowest BCUT2D eigenvalue weighted by molar-refractivity contribution is -0.121. The van der Waals surface area contributed by atoms with Gasteiger partial charge in [0, 0.05) is 28.4 Å². The fraction of sp³-hybridized carbons (Fsp3) is 0.375. The van der Waals surface area contributed by atoms with Crippen molar-refractivity contribution in [2.45, 2.75) is 39.0 Å². The van der Waals surface area contributed by atoms with E-state index in [4.69, 9.17) is 0 Å². The Morgan fingerprint density at radius 1 is 1.21 bits per heavy atom. The molecule has 1 fully saturated rings. The number of carbonyl (C=O) groups is 2. The lowest BCUT2D eigenvalue weighted by Crippen LogP contribution is -2.47. The van der Waals surface area contributed by atoms with Crippen LogP contribution >= 0.6 is 23.1 Å². The van der Waals surface area contributed by atoms with Crippen LogP contribution in [0.1, 0.15) is 39.0 Å². The maximum Gasteiger partial charge on any atom is 0.236 e. The number of benzene rings is 1. The Kier molecular flexibility index (Phi) is 7.26. The molecule has 4 rings (SSSR count). The summed E-state index contributed by atoms with van der Waals surface area (Å²) in [5.41, 5.74) is 1.36. The van der Waals surface area contributed by atoms with E-state index in [0.717, 1.165) is 37.8 Å². The minimum absolute atomic E-state index is 0.119. The van der Waals surface area contributed by atoms with Gasteiger partial charge in [-0.1, -0.05) is 49.2 Å². The monoisotopic (exact) mass is 479 g/mol. The first-order valence-electron chi connectivity index (χ1n) is 10.9. The molecule has 2 amide bonds. The molecule has 9 heteroatoms. The molecule has 33 heavy (non-hydrogen) atoms. The van der Waals surface area contributed by atoms with E-state index < -0.39 is 11.3 Å². The Labute approximate surface area is 201 Å². The number of hydrogen-bond acceptors (Lipinski definition) is 7. The molecule has 7 nitrogen and oxygen atoms in total. The third-order valence-corrected chi connectivity index (χ3v) is 7.80. The minimum Gasteiger partial charge on any atom is -0.325 e. The van der Waals surface area contributed by atoms with Crippen LogP contribution in [0.3, 0.4) is 0 Å². The zero-order valence-corrected chi connectivity index (χ0v) is 20.0. The number of hydrogen-bond donors (Lipinski definition) is 2. The van der Waals surface area contributed by atoms with Crippen LogP contribution in [0.15, 0.2) is 57.5 Å². The van der Waals surface area contributed by atoms with Gasteiger partial charge in [0.15, 0.2) is 5.13 Å². The lowest BCUT2D eigenvalue weighted by Gasteiger charge is -2.45. The van der Waals surface area contributed by atoms with E-state index in [1.165, 1.54) is 23.1 Å². The van der Waals surface area contributed by atoms with Crippen LogP contribution in [0.2, 0.25) is 0 Å². The normalized spacial score (nSPS) is 19.5. The van der Waals surface area contributed by atoms with Crippen LogP contribution < -0.4 is 10.6 Å². The summed E-state index contributed by atoms with van der Waals surface area (Å²) < 4.78 is 0. The van der Waals surface area contributed by atoms with E-state index in [1.807, 2.05) is 37.3 Å². The van der Waals surface area contributed by atoms with E-state index in [9.17, 15) is 14.9 Å². The van der Waals surface area contributed by atoms with E-state index in [-0.39, 0.29) is 17.6 Å². The van der Waals surface area contributed by atoms with Crippen molar-refractivity contribution in [3.63, 3.8) is 0 Å². The standard InChI is InChI=1S/C24H25N5O2S2/c1-16-20(21(31)28-17-8-4-2-5-9-17)24(10-6-3-7-11-24)18(14-25)22(27-16)33-15-19(30)29-23-26-12-13-32-23/h2,4-5,8-9,12-13,20H,3,6-7,10-11,15H2,1H3,(H,28,31)(H,26,29,30)/t20-/m1/s1. The first kappa shape index (κ1) is 23.2. The molecule has 1 spiro atoms. The highest BCUT2D eigenvalue weighted by Gasteiger charge is 2.51. The molecule has 2 heterocycles. The number of thioether (sulfide) groups is 1. The second-order valence-electron chi connectivity index (χ2n) is 8.22. The summed E-state index contributed by atoms with van der Waals surface area (Å²) in [4.78, 5) is 34.6. The number of carbonyl (C=O) groups excluding carboxylic acids is 2. The summed E-state index contributed by atoms with van der Waals surface area (Å²) in [7, 11) is 0. The molecule has 1 aromatic heterocycles. The summed E-state index contributed by atoms with van der Waals surface area (Å²) in [6.45, 7) is 1.86. The van der Waals surface area contributed by atoms with Crippen molar-refractivity contribution in [1.82, 2.24) is 4.98 Å². The van der Waals surface area contributed by atoms with Crippen LogP contribution in [0.4, 0.5) is 10.8 Å². The molecule has 2 N–H and O–H groups in total. The second kappa shape index (κ2) is 10.3. The number of anilines is 2. The van der Waals surface area contributed by atoms with Crippen LogP contribution in [-0.4, -0.2) is 28.3 Å². The molecule has 1 aliphatic heterocycles. The summed E-state index contributed by atoms with van der Waals surface area (Å²) in [6.07, 6.45) is 6.14. The highest BCUT2D eigenvalue weighted by atomic mass is 32.2. The van der Waals surface area contributed by atoms with E-state index >= 15 is 0 Å². The number of aromatic nitrogens is 1. The zero-order chi connectivity index (χ0) is 23.3. The Hall–Kier alpha value is -2.96. The van der Waals surface area contributed by atoms with Gasteiger partial charge in [0.25, 0.3) is 0 Å². The number of nitrogens with one attached hydrogen (secondary N) is 2. The molecule has 1 atom stereocenters. The maximum atomic E-state index is 13.5. The van der Waals surface area contributed by atoms with E-state index in [0.29, 0.717) is 21.4 Å². The fourth-order valence-corrected chi connectivity index (χ4v) is 6.26. The van der Waals surface area contributed by atoms with Gasteiger partial charge in [-0.05, 0) is 31.9 Å². The topological polar surface area (TPSA) is 107 Å². The molecule has 2 aromatic rings. The summed E-state index contributed by atoms with van der Waals surface area (Å²) >= 11 is 2.60. The summed E-state index contributed by atoms with van der Waals surface area (Å²) in [5.74, 6) is -0.730. The van der Waals surface area contributed by atoms with Gasteiger partial charge in [-0.3, -0.25) is 9.59 Å². The number of aliphatic imine (C=N–C) groups is 1. The second-order valence-corrected chi connectivity index (χ2v) is 10.1. The highest BCUT2D eigenvalue weighted by molar-refractivity contribution is 8.03. The Bertz CT molecular complexity index is 1110. The quantitative estimate of drug-likeness (QED) is 0.590. The number of thiazole rings is 1. The first-order chi connectivity index (χ1) is 16.0. The summed E-state index contributed by atoms with van der Waals surface area (Å²) in [5, 5.41) is 18.9. The minimum atomic E-state index is -0.591. The predicted molar refractivity (Wildman–Crippen MR) is 133 cm³/mol. The van der Waals surface area contributed by atoms with E-state index in [1.54, 1.807) is 11.6 Å². The van der Waals surface area contributed by atoms with Gasteiger partial charge >= 0.3 is 0 Å². The Morgan fingerprint density at radius 2 is 1.97 bits per heavy atom. The third kappa shape index (κ3) is 5.02. The van der Waals surface area contributed by atoms with Gasteiger partial charge in [-0.25, -0.2) is 9.98 Å². The Balaban J connectivity index is 1.60. The van der Waals surface area contributed by atoms with Crippen molar-refractivity contribution in [1.29, 1.82) is 5.26 Å². The molecular formula is C24H25N5O2S2. The maximum absolute atomic E-state index is 13.5. The van der Waals surface area contributed by atoms with Crippen molar-refractivity contribution >= 4 is 51.4 Å². The molecule has 2 aliphatic rings. The number of allylic oxidation sites excluding steroid dienone is 1. The zero-order valence-electron chi connectivity index (χ0n) is 18.3. The molecule has 170 valence electrons. The Morgan fingerprint density at radius 3 is 2.64 bits per heavy atom. The molecule has 0 bridgehead atoms. The predicted octanol–water partition coefficient (Wildman–Crippen LogP) is 5.23. The van der Waals surface area contributed by atoms with Gasteiger partial charge in [0.1, 0.15) is 5.03 Å². The number of nitrogens with zero attached hydrogens (tertiary/aromatic N) is 3. The summed E-state index contributed by atoms with van der Waals surface area (Å²) in [6, 6.07) is 11.7. The van der Waals surface area contributed by atoms with Gasteiger partial charge in [-0.15, -0.1) is 11.3 Å². The fourth-order valence-electron chi connectivity index (χ4n) is 4.77. The number of rotatable bonds is 6. The van der Waals surface area contributed by atoms with Crippen LogP contribution in [-0.2, 0) is 9.59 Å². The first-order valence-corrected chi connectivity index (χ1v) is 12.8. The van der Waals surface area contributed by atoms with Crippen molar-refractivity contribution < 1.29 is 9.59 Å². The average Bonchev–Trinajstić information content (AvgIpc) is 3.32. The van der Waals surface area contributed by atoms with Crippen molar-refractivity contribution in [2.24, 2.45) is 16.3 Å². The molecule has 0 radical (unpaired) electrons. The smallest absolute Gasteiger partial charge is 0.236 e. The van der Waals surface area contributed by atoms with Crippen LogP contribution in [0, 0.1) is 22.7 Å². The van der Waals surface area contributed by atoms with E-state index in [2.05, 4.69) is 26.7 Å².